The van der Waals surface area contributed by atoms with E-state index in [1.807, 2.05) is 0 Å². The van der Waals surface area contributed by atoms with Gasteiger partial charge in [-0.25, -0.2) is 0 Å². The van der Waals surface area contributed by atoms with Crippen LogP contribution in [0.1, 0.15) is 45.4 Å². The summed E-state index contributed by atoms with van der Waals surface area (Å²) in [6.07, 6.45) is 8.46. The first-order valence-electron chi connectivity index (χ1n) is 5.74. The predicted octanol–water partition coefficient (Wildman–Crippen LogP) is 3.05. The van der Waals surface area contributed by atoms with Crippen LogP contribution in [-0.4, -0.2) is 24.1 Å². The Balaban J connectivity index is 1.68. The molecule has 0 bridgehead atoms. The van der Waals surface area contributed by atoms with E-state index in [0.29, 0.717) is 0 Å². The van der Waals surface area contributed by atoms with Crippen LogP contribution in [0.3, 0.4) is 0 Å². The lowest BCUT2D eigenvalue weighted by molar-refractivity contribution is 0.532. The topological polar surface area (TPSA) is 12.0 Å². The van der Waals surface area contributed by atoms with Crippen LogP contribution < -0.4 is 5.32 Å². The summed E-state index contributed by atoms with van der Waals surface area (Å²) in [6, 6.07) is 0.848. The van der Waals surface area contributed by atoms with Crippen molar-refractivity contribution in [1.82, 2.24) is 5.32 Å². The maximum absolute atomic E-state index is 3.59. The Morgan fingerprint density at radius 3 is 2.38 bits per heavy atom. The summed E-state index contributed by atoms with van der Waals surface area (Å²) in [4.78, 5) is 0. The van der Waals surface area contributed by atoms with E-state index >= 15 is 0 Å². The molecule has 1 saturated heterocycles. The normalized spacial score (nSPS) is 17.3. The molecule has 78 valence electrons. The van der Waals surface area contributed by atoms with Crippen molar-refractivity contribution in [3.63, 3.8) is 0 Å². The average molecular weight is 201 g/mol. The molecule has 1 aliphatic rings. The minimum Gasteiger partial charge on any atom is -0.312 e. The molecule has 0 aromatic rings. The first-order valence-corrected chi connectivity index (χ1v) is 6.90. The van der Waals surface area contributed by atoms with Gasteiger partial charge in [-0.1, -0.05) is 39.0 Å². The van der Waals surface area contributed by atoms with Crippen molar-refractivity contribution in [1.29, 1.82) is 0 Å². The van der Waals surface area contributed by atoms with Crippen LogP contribution in [0.25, 0.3) is 0 Å². The van der Waals surface area contributed by atoms with Crippen LogP contribution in [0.5, 0.6) is 0 Å². The van der Waals surface area contributed by atoms with E-state index in [2.05, 4.69) is 24.0 Å². The Labute approximate surface area is 87.1 Å². The van der Waals surface area contributed by atoms with E-state index in [9.17, 15) is 0 Å². The van der Waals surface area contributed by atoms with Crippen molar-refractivity contribution in [2.45, 2.75) is 51.5 Å². The Bertz CT molecular complexity index is 113. The SMILES string of the molecule is CCCCCCCCNC1CSC1. The van der Waals surface area contributed by atoms with Gasteiger partial charge in [0.25, 0.3) is 0 Å². The van der Waals surface area contributed by atoms with Gasteiger partial charge in [0, 0.05) is 17.5 Å². The van der Waals surface area contributed by atoms with Gasteiger partial charge in [-0.15, -0.1) is 0 Å². The average Bonchev–Trinajstić information content (AvgIpc) is 2.07. The summed E-state index contributed by atoms with van der Waals surface area (Å²) in [7, 11) is 0. The molecule has 1 N–H and O–H groups in total. The molecule has 0 aromatic carbocycles. The summed E-state index contributed by atoms with van der Waals surface area (Å²) in [5, 5.41) is 3.59. The van der Waals surface area contributed by atoms with Gasteiger partial charge in [0.1, 0.15) is 0 Å². The van der Waals surface area contributed by atoms with Gasteiger partial charge in [-0.2, -0.15) is 11.8 Å². The van der Waals surface area contributed by atoms with E-state index in [4.69, 9.17) is 0 Å². The van der Waals surface area contributed by atoms with E-state index < -0.39 is 0 Å². The fraction of sp³-hybridized carbons (Fsp3) is 1.00. The van der Waals surface area contributed by atoms with E-state index in [1.54, 1.807) is 0 Å². The van der Waals surface area contributed by atoms with Crippen LogP contribution in [0, 0.1) is 0 Å². The molecule has 0 aliphatic carbocycles. The molecule has 0 aromatic heterocycles. The molecule has 0 unspecified atom stereocenters. The third-order valence-corrected chi connectivity index (χ3v) is 3.88. The number of hydrogen-bond acceptors (Lipinski definition) is 2. The lowest BCUT2D eigenvalue weighted by Gasteiger charge is -2.25. The Morgan fingerprint density at radius 2 is 1.77 bits per heavy atom. The Hall–Kier alpha value is 0.310. The smallest absolute Gasteiger partial charge is 0.0248 e. The highest BCUT2D eigenvalue weighted by molar-refractivity contribution is 8.00. The van der Waals surface area contributed by atoms with Gasteiger partial charge in [0.15, 0.2) is 0 Å². The molecule has 0 amide bonds. The first kappa shape index (κ1) is 11.4. The largest absolute Gasteiger partial charge is 0.312 e. The Kier molecular flexibility index (Phi) is 6.73. The second-order valence-corrected chi connectivity index (χ2v) is 5.03. The zero-order valence-corrected chi connectivity index (χ0v) is 9.67. The van der Waals surface area contributed by atoms with Crippen molar-refractivity contribution in [2.75, 3.05) is 18.1 Å². The molecule has 13 heavy (non-hydrogen) atoms. The number of thioether (sulfide) groups is 1. The molecule has 1 rings (SSSR count). The summed E-state index contributed by atoms with van der Waals surface area (Å²) < 4.78 is 0. The summed E-state index contributed by atoms with van der Waals surface area (Å²) >= 11 is 2.06. The number of nitrogens with one attached hydrogen (secondary N) is 1. The second-order valence-electron chi connectivity index (χ2n) is 3.96. The molecule has 1 nitrogen and oxygen atoms in total. The summed E-state index contributed by atoms with van der Waals surface area (Å²) in [5.74, 6) is 2.69. The molecule has 0 atom stereocenters. The monoisotopic (exact) mass is 201 g/mol. The van der Waals surface area contributed by atoms with E-state index in [1.165, 1.54) is 56.6 Å². The third-order valence-electron chi connectivity index (χ3n) is 2.60. The van der Waals surface area contributed by atoms with Gasteiger partial charge in [-0.3, -0.25) is 0 Å². The maximum Gasteiger partial charge on any atom is 0.0248 e. The van der Waals surface area contributed by atoms with E-state index in [-0.39, 0.29) is 0 Å². The zero-order valence-electron chi connectivity index (χ0n) is 8.85. The molecule has 0 saturated carbocycles. The van der Waals surface area contributed by atoms with Crippen LogP contribution >= 0.6 is 11.8 Å². The van der Waals surface area contributed by atoms with Gasteiger partial charge in [0.2, 0.25) is 0 Å². The summed E-state index contributed by atoms with van der Waals surface area (Å²) in [5.41, 5.74) is 0. The van der Waals surface area contributed by atoms with Gasteiger partial charge in [0.05, 0.1) is 0 Å². The first-order chi connectivity index (χ1) is 6.43. The molecule has 0 radical (unpaired) electrons. The zero-order chi connectivity index (χ0) is 9.36. The highest BCUT2D eigenvalue weighted by Gasteiger charge is 2.15. The standard InChI is InChI=1S/C11H23NS/c1-2-3-4-5-6-7-8-12-11-9-13-10-11/h11-12H,2-10H2,1H3. The number of rotatable bonds is 8. The van der Waals surface area contributed by atoms with Crippen LogP contribution in [0.15, 0.2) is 0 Å². The molecule has 1 heterocycles. The quantitative estimate of drug-likeness (QED) is 0.606. The lowest BCUT2D eigenvalue weighted by atomic mass is 10.1. The van der Waals surface area contributed by atoms with Crippen molar-refractivity contribution < 1.29 is 0 Å². The third kappa shape index (κ3) is 5.58. The summed E-state index contributed by atoms with van der Waals surface area (Å²) in [6.45, 7) is 3.52. The van der Waals surface area contributed by atoms with Gasteiger partial charge >= 0.3 is 0 Å². The van der Waals surface area contributed by atoms with Crippen molar-refractivity contribution in [2.24, 2.45) is 0 Å². The fourth-order valence-corrected chi connectivity index (χ4v) is 2.27. The fourth-order valence-electron chi connectivity index (χ4n) is 1.57. The van der Waals surface area contributed by atoms with Gasteiger partial charge in [-0.05, 0) is 13.0 Å². The maximum atomic E-state index is 3.59. The van der Waals surface area contributed by atoms with Crippen LogP contribution in [0.4, 0.5) is 0 Å². The molecule has 1 fully saturated rings. The molecule has 1 aliphatic heterocycles. The molecule has 0 spiro atoms. The molecular weight excluding hydrogens is 178 g/mol. The van der Waals surface area contributed by atoms with Crippen molar-refractivity contribution >= 4 is 11.8 Å². The molecule has 2 heteroatoms. The minimum atomic E-state index is 0.848. The second kappa shape index (κ2) is 7.69. The Morgan fingerprint density at radius 1 is 1.08 bits per heavy atom. The van der Waals surface area contributed by atoms with Crippen LogP contribution in [-0.2, 0) is 0 Å². The number of unbranched alkanes of at least 4 members (excludes halogenated alkanes) is 5. The number of hydrogen-bond donors (Lipinski definition) is 1. The highest BCUT2D eigenvalue weighted by Crippen LogP contribution is 2.17. The lowest BCUT2D eigenvalue weighted by Crippen LogP contribution is -2.40. The highest BCUT2D eigenvalue weighted by atomic mass is 32.2. The molecular formula is C11H23NS. The van der Waals surface area contributed by atoms with Gasteiger partial charge < -0.3 is 5.32 Å². The van der Waals surface area contributed by atoms with Crippen molar-refractivity contribution in [3.05, 3.63) is 0 Å². The minimum absolute atomic E-state index is 0.848. The van der Waals surface area contributed by atoms with E-state index in [0.717, 1.165) is 6.04 Å². The van der Waals surface area contributed by atoms with Crippen molar-refractivity contribution in [3.8, 4) is 0 Å². The van der Waals surface area contributed by atoms with Crippen LogP contribution in [0.2, 0.25) is 0 Å². The predicted molar refractivity (Wildman–Crippen MR) is 62.5 cm³/mol.